The van der Waals surface area contributed by atoms with E-state index in [0.29, 0.717) is 6.42 Å². The first-order chi connectivity index (χ1) is 13.8. The number of rotatable bonds is 20. The second kappa shape index (κ2) is 18.2. The summed E-state index contributed by atoms with van der Waals surface area (Å²) in [6.07, 6.45) is 15.9. The van der Waals surface area contributed by atoms with Crippen LogP contribution >= 0.6 is 7.82 Å². The molecular weight excluding hydrogens is 395 g/mol. The first-order valence-electron chi connectivity index (χ1n) is 11.0. The third-order valence-electron chi connectivity index (χ3n) is 4.79. The van der Waals surface area contributed by atoms with Gasteiger partial charge in [-0.2, -0.15) is 0 Å². The van der Waals surface area contributed by atoms with Gasteiger partial charge in [0.15, 0.2) is 11.9 Å². The van der Waals surface area contributed by atoms with E-state index in [1.165, 1.54) is 38.5 Å². The van der Waals surface area contributed by atoms with E-state index in [1.807, 2.05) is 0 Å². The summed E-state index contributed by atoms with van der Waals surface area (Å²) in [4.78, 5) is 29.7. The van der Waals surface area contributed by atoms with Crippen molar-refractivity contribution < 1.29 is 33.9 Å². The summed E-state index contributed by atoms with van der Waals surface area (Å²) in [5.41, 5.74) is 0. The molecule has 2 unspecified atom stereocenters. The molecule has 0 fully saturated rings. The smallest absolute Gasteiger partial charge is 0.394 e. The van der Waals surface area contributed by atoms with Gasteiger partial charge in [-0.1, -0.05) is 70.4 Å². The Labute approximate surface area is 175 Å². The summed E-state index contributed by atoms with van der Waals surface area (Å²) in [5.74, 6) is -0.604. The summed E-state index contributed by atoms with van der Waals surface area (Å²) in [6, 6.07) is 0. The molecule has 2 atom stereocenters. The molecule has 7 nitrogen and oxygen atoms in total. The van der Waals surface area contributed by atoms with Crippen LogP contribution in [0.1, 0.15) is 96.8 Å². The van der Waals surface area contributed by atoms with Gasteiger partial charge in [0.25, 0.3) is 0 Å². The van der Waals surface area contributed by atoms with E-state index in [2.05, 4.69) is 23.6 Å². The van der Waals surface area contributed by atoms with Crippen molar-refractivity contribution in [3.63, 3.8) is 0 Å². The van der Waals surface area contributed by atoms with Crippen molar-refractivity contribution in [3.8, 4) is 0 Å². The van der Waals surface area contributed by atoms with Crippen LogP contribution in [0.3, 0.4) is 0 Å². The molecule has 0 aromatic carbocycles. The maximum atomic E-state index is 12.0. The van der Waals surface area contributed by atoms with E-state index < -0.39 is 32.4 Å². The van der Waals surface area contributed by atoms with Crippen LogP contribution in [0.2, 0.25) is 0 Å². The lowest BCUT2D eigenvalue weighted by Crippen LogP contribution is -2.38. The monoisotopic (exact) mass is 436 g/mol. The topological polar surface area (TPSA) is 124 Å². The number of carbonyl (C=O) groups excluding carboxylic acids is 1. The van der Waals surface area contributed by atoms with E-state index in [4.69, 9.17) is 14.9 Å². The number of aliphatic hydroxyl groups excluding tert-OH is 2. The van der Waals surface area contributed by atoms with Crippen LogP contribution in [-0.4, -0.2) is 44.6 Å². The Bertz CT molecular complexity index is 476. The number of allylic oxidation sites excluding steroid dienone is 2. The van der Waals surface area contributed by atoms with Crippen molar-refractivity contribution in [2.75, 3.05) is 6.61 Å². The predicted molar refractivity (Wildman–Crippen MR) is 114 cm³/mol. The van der Waals surface area contributed by atoms with Crippen LogP contribution in [0.4, 0.5) is 0 Å². The SMILES string of the molecule is CCCCCCCC/C=C\CCCCCCCC(=O)C(OP(=O)(O)O)C(O)CO. The minimum Gasteiger partial charge on any atom is -0.394 e. The third kappa shape index (κ3) is 18.0. The van der Waals surface area contributed by atoms with E-state index in [0.717, 1.165) is 38.5 Å². The van der Waals surface area contributed by atoms with Crippen molar-refractivity contribution in [1.82, 2.24) is 0 Å². The average Bonchev–Trinajstić information content (AvgIpc) is 2.67. The van der Waals surface area contributed by atoms with Crippen molar-refractivity contribution in [3.05, 3.63) is 12.2 Å². The number of hydrogen-bond donors (Lipinski definition) is 4. The maximum Gasteiger partial charge on any atom is 0.470 e. The highest BCUT2D eigenvalue weighted by atomic mass is 31.2. The Kier molecular flexibility index (Phi) is 17.9. The molecule has 0 aliphatic carbocycles. The van der Waals surface area contributed by atoms with Crippen LogP contribution in [0.5, 0.6) is 0 Å². The number of phosphoric ester groups is 1. The quantitative estimate of drug-likeness (QED) is 0.126. The number of hydrogen-bond acceptors (Lipinski definition) is 5. The zero-order chi connectivity index (χ0) is 22.0. The highest BCUT2D eigenvalue weighted by molar-refractivity contribution is 7.46. The second-order valence-electron chi connectivity index (χ2n) is 7.57. The van der Waals surface area contributed by atoms with Gasteiger partial charge in [0.05, 0.1) is 6.61 Å². The lowest BCUT2D eigenvalue weighted by molar-refractivity contribution is -0.133. The molecule has 0 aliphatic heterocycles. The number of ketones is 1. The number of aliphatic hydroxyl groups is 2. The summed E-state index contributed by atoms with van der Waals surface area (Å²) >= 11 is 0. The maximum absolute atomic E-state index is 12.0. The van der Waals surface area contributed by atoms with Gasteiger partial charge >= 0.3 is 7.82 Å². The average molecular weight is 437 g/mol. The van der Waals surface area contributed by atoms with Gasteiger partial charge in [-0.05, 0) is 32.1 Å². The Morgan fingerprint density at radius 1 is 0.897 bits per heavy atom. The zero-order valence-corrected chi connectivity index (χ0v) is 18.8. The Morgan fingerprint density at radius 3 is 1.86 bits per heavy atom. The highest BCUT2D eigenvalue weighted by Gasteiger charge is 2.33. The number of unbranched alkanes of at least 4 members (excludes halogenated alkanes) is 11. The summed E-state index contributed by atoms with van der Waals surface area (Å²) in [5, 5.41) is 18.4. The van der Waals surface area contributed by atoms with E-state index >= 15 is 0 Å². The molecule has 4 N–H and O–H groups in total. The molecule has 29 heavy (non-hydrogen) atoms. The van der Waals surface area contributed by atoms with Gasteiger partial charge in [0, 0.05) is 6.42 Å². The van der Waals surface area contributed by atoms with Crippen molar-refractivity contribution in [2.45, 2.75) is 109 Å². The standard InChI is InChI=1S/C21H41O7P/c1-2-3-4-5-6-7-8-9-10-11-12-13-14-15-16-17-19(23)21(20(24)18-22)28-29(25,26)27/h9-10,20-22,24H,2-8,11-18H2,1H3,(H2,25,26,27)/b10-9-. The van der Waals surface area contributed by atoms with E-state index in [9.17, 15) is 14.5 Å². The van der Waals surface area contributed by atoms with Crippen molar-refractivity contribution in [2.24, 2.45) is 0 Å². The Balaban J connectivity index is 3.71. The van der Waals surface area contributed by atoms with Gasteiger partial charge in [0.1, 0.15) is 6.10 Å². The van der Waals surface area contributed by atoms with Gasteiger partial charge in [-0.25, -0.2) is 4.57 Å². The molecule has 0 aromatic rings. The normalized spacial score (nSPS) is 14.4. The van der Waals surface area contributed by atoms with E-state index in [-0.39, 0.29) is 6.42 Å². The van der Waals surface area contributed by atoms with Crippen LogP contribution in [-0.2, 0) is 13.9 Å². The van der Waals surface area contributed by atoms with Crippen LogP contribution < -0.4 is 0 Å². The molecular formula is C21H41O7P. The fraction of sp³-hybridized carbons (Fsp3) is 0.857. The number of carbonyl (C=O) groups is 1. The molecule has 8 heteroatoms. The van der Waals surface area contributed by atoms with Gasteiger partial charge in [-0.3, -0.25) is 9.32 Å². The fourth-order valence-corrected chi connectivity index (χ4v) is 3.65. The molecule has 0 bridgehead atoms. The Morgan fingerprint density at radius 2 is 1.38 bits per heavy atom. The molecule has 0 saturated carbocycles. The molecule has 0 radical (unpaired) electrons. The van der Waals surface area contributed by atoms with Gasteiger partial charge in [-0.15, -0.1) is 0 Å². The number of phosphoric acid groups is 1. The lowest BCUT2D eigenvalue weighted by Gasteiger charge is -2.20. The van der Waals surface area contributed by atoms with E-state index in [1.54, 1.807) is 0 Å². The van der Waals surface area contributed by atoms with Crippen molar-refractivity contribution in [1.29, 1.82) is 0 Å². The molecule has 0 spiro atoms. The molecule has 0 aromatic heterocycles. The largest absolute Gasteiger partial charge is 0.470 e. The van der Waals surface area contributed by atoms with Crippen LogP contribution in [0.25, 0.3) is 0 Å². The number of Topliss-reactive ketones (excluding diaryl/α,β-unsaturated/α-hetero) is 1. The second-order valence-corrected chi connectivity index (χ2v) is 8.76. The lowest BCUT2D eigenvalue weighted by atomic mass is 10.0. The fourth-order valence-electron chi connectivity index (χ4n) is 3.10. The van der Waals surface area contributed by atoms with Crippen molar-refractivity contribution >= 4 is 13.6 Å². The summed E-state index contributed by atoms with van der Waals surface area (Å²) in [7, 11) is -4.92. The van der Waals surface area contributed by atoms with Crippen LogP contribution in [0.15, 0.2) is 12.2 Å². The minimum atomic E-state index is -4.92. The molecule has 0 heterocycles. The van der Waals surface area contributed by atoms with Gasteiger partial charge in [0.2, 0.25) is 0 Å². The molecule has 172 valence electrons. The molecule has 0 amide bonds. The first-order valence-corrected chi connectivity index (χ1v) is 12.6. The molecule has 0 rings (SSSR count). The third-order valence-corrected chi connectivity index (χ3v) is 5.29. The summed E-state index contributed by atoms with van der Waals surface area (Å²) < 4.78 is 15.2. The van der Waals surface area contributed by atoms with Crippen LogP contribution in [0, 0.1) is 0 Å². The zero-order valence-electron chi connectivity index (χ0n) is 17.9. The molecule has 0 aliphatic rings. The Hall–Kier alpha value is -0.560. The predicted octanol–water partition coefficient (Wildman–Crippen LogP) is 4.42. The summed E-state index contributed by atoms with van der Waals surface area (Å²) in [6.45, 7) is 1.43. The van der Waals surface area contributed by atoms with Gasteiger partial charge < -0.3 is 20.0 Å². The molecule has 0 saturated heterocycles. The highest BCUT2D eigenvalue weighted by Crippen LogP contribution is 2.38. The minimum absolute atomic E-state index is 0.0554. The first kappa shape index (κ1) is 28.4.